The van der Waals surface area contributed by atoms with Crippen LogP contribution in [0.1, 0.15) is 37.8 Å². The number of nitrogens with two attached hydrogens (primary N) is 1. The highest BCUT2D eigenvalue weighted by molar-refractivity contribution is 5.77. The van der Waals surface area contributed by atoms with Crippen LogP contribution in [0.25, 0.3) is 11.0 Å². The van der Waals surface area contributed by atoms with Crippen molar-refractivity contribution >= 4 is 11.0 Å². The van der Waals surface area contributed by atoms with Gasteiger partial charge >= 0.3 is 5.69 Å². The number of rotatable bonds is 2. The van der Waals surface area contributed by atoms with Crippen molar-refractivity contribution in [3.8, 4) is 0 Å². The van der Waals surface area contributed by atoms with E-state index in [-0.39, 0.29) is 11.7 Å². The highest BCUT2D eigenvalue weighted by Crippen LogP contribution is 2.39. The highest BCUT2D eigenvalue weighted by Gasteiger charge is 2.29. The lowest BCUT2D eigenvalue weighted by atomic mass is 9.86. The fourth-order valence-corrected chi connectivity index (χ4v) is 3.69. The van der Waals surface area contributed by atoms with Gasteiger partial charge in [-0.2, -0.15) is 0 Å². The van der Waals surface area contributed by atoms with Crippen LogP contribution in [-0.4, -0.2) is 9.13 Å². The zero-order valence-electron chi connectivity index (χ0n) is 12.5. The van der Waals surface area contributed by atoms with Gasteiger partial charge in [-0.25, -0.2) is 4.79 Å². The number of aryl methyl sites for hydroxylation is 2. The predicted molar refractivity (Wildman–Crippen MR) is 81.6 cm³/mol. The van der Waals surface area contributed by atoms with E-state index in [1.165, 1.54) is 19.3 Å². The molecule has 0 aliphatic heterocycles. The van der Waals surface area contributed by atoms with Crippen molar-refractivity contribution in [1.82, 2.24) is 9.13 Å². The Morgan fingerprint density at radius 3 is 2.55 bits per heavy atom. The Labute approximate surface area is 119 Å². The summed E-state index contributed by atoms with van der Waals surface area (Å²) in [6.45, 7) is 2.30. The van der Waals surface area contributed by atoms with Crippen LogP contribution < -0.4 is 11.4 Å². The standard InChI is InChI=1S/C16H23N3O/c1-10-5-4-6-12(10)15(17)11-7-8-13-14(9-11)19(3)16(20)18(13)2/h7-10,12,15H,4-6,17H2,1-3H3. The first-order valence-corrected chi connectivity index (χ1v) is 7.41. The van der Waals surface area contributed by atoms with Crippen LogP contribution in [0.15, 0.2) is 23.0 Å². The number of benzene rings is 1. The molecule has 0 spiro atoms. The Hall–Kier alpha value is -1.55. The van der Waals surface area contributed by atoms with E-state index in [1.807, 2.05) is 20.2 Å². The van der Waals surface area contributed by atoms with E-state index in [0.717, 1.165) is 16.6 Å². The average Bonchev–Trinajstić information content (AvgIpc) is 2.97. The molecule has 3 atom stereocenters. The van der Waals surface area contributed by atoms with Crippen molar-refractivity contribution in [2.24, 2.45) is 31.7 Å². The van der Waals surface area contributed by atoms with Crippen LogP contribution in [0.2, 0.25) is 0 Å². The first kappa shape index (κ1) is 13.4. The normalized spacial score (nSPS) is 24.4. The quantitative estimate of drug-likeness (QED) is 0.913. The highest BCUT2D eigenvalue weighted by atomic mass is 16.1. The maximum atomic E-state index is 12.0. The van der Waals surface area contributed by atoms with Crippen LogP contribution >= 0.6 is 0 Å². The van der Waals surface area contributed by atoms with Crippen LogP contribution in [0, 0.1) is 11.8 Å². The molecule has 0 amide bonds. The summed E-state index contributed by atoms with van der Waals surface area (Å²) in [6.07, 6.45) is 3.78. The van der Waals surface area contributed by atoms with Gasteiger partial charge in [0.05, 0.1) is 11.0 Å². The van der Waals surface area contributed by atoms with E-state index in [1.54, 1.807) is 9.13 Å². The van der Waals surface area contributed by atoms with Gasteiger partial charge < -0.3 is 5.73 Å². The van der Waals surface area contributed by atoms with E-state index in [4.69, 9.17) is 5.73 Å². The molecule has 1 aromatic heterocycles. The molecule has 2 aromatic rings. The second kappa shape index (κ2) is 4.77. The second-order valence-electron chi connectivity index (χ2n) is 6.25. The van der Waals surface area contributed by atoms with Gasteiger partial charge in [-0.15, -0.1) is 0 Å². The number of aromatic nitrogens is 2. The molecule has 1 aliphatic carbocycles. The Kier molecular flexibility index (Phi) is 3.21. The van der Waals surface area contributed by atoms with Gasteiger partial charge in [-0.05, 0) is 36.0 Å². The Bertz CT molecular complexity index is 698. The fourth-order valence-electron chi connectivity index (χ4n) is 3.69. The average molecular weight is 273 g/mol. The number of hydrogen-bond donors (Lipinski definition) is 1. The van der Waals surface area contributed by atoms with Crippen molar-refractivity contribution in [2.45, 2.75) is 32.2 Å². The van der Waals surface area contributed by atoms with Gasteiger partial charge in [0.2, 0.25) is 0 Å². The number of nitrogens with zero attached hydrogens (tertiary/aromatic N) is 2. The topological polar surface area (TPSA) is 52.9 Å². The van der Waals surface area contributed by atoms with Crippen molar-refractivity contribution in [1.29, 1.82) is 0 Å². The van der Waals surface area contributed by atoms with Crippen molar-refractivity contribution in [3.05, 3.63) is 34.2 Å². The van der Waals surface area contributed by atoms with Gasteiger partial charge in [-0.3, -0.25) is 9.13 Å². The van der Waals surface area contributed by atoms with Gasteiger partial charge in [0.15, 0.2) is 0 Å². The molecule has 0 bridgehead atoms. The Balaban J connectivity index is 2.05. The molecule has 108 valence electrons. The zero-order chi connectivity index (χ0) is 14.4. The molecule has 1 saturated carbocycles. The minimum Gasteiger partial charge on any atom is -0.324 e. The van der Waals surface area contributed by atoms with Gasteiger partial charge in [0.25, 0.3) is 0 Å². The molecular formula is C16H23N3O. The van der Waals surface area contributed by atoms with Crippen LogP contribution in [0.4, 0.5) is 0 Å². The van der Waals surface area contributed by atoms with Crippen molar-refractivity contribution in [3.63, 3.8) is 0 Å². The monoisotopic (exact) mass is 273 g/mol. The summed E-state index contributed by atoms with van der Waals surface area (Å²) in [5.74, 6) is 1.26. The maximum Gasteiger partial charge on any atom is 0.328 e. The molecule has 2 N–H and O–H groups in total. The molecule has 20 heavy (non-hydrogen) atoms. The minimum atomic E-state index is 0.0138. The Morgan fingerprint density at radius 2 is 1.90 bits per heavy atom. The molecule has 1 aromatic carbocycles. The number of imidazole rings is 1. The minimum absolute atomic E-state index is 0.0138. The summed E-state index contributed by atoms with van der Waals surface area (Å²) in [6, 6.07) is 6.27. The summed E-state index contributed by atoms with van der Waals surface area (Å²) >= 11 is 0. The van der Waals surface area contributed by atoms with E-state index in [2.05, 4.69) is 19.1 Å². The summed E-state index contributed by atoms with van der Waals surface area (Å²) in [7, 11) is 3.63. The molecule has 1 aliphatic rings. The SMILES string of the molecule is CC1CCCC1C(N)c1ccc2c(c1)n(C)c(=O)n2C. The molecule has 1 heterocycles. The first-order valence-electron chi connectivity index (χ1n) is 7.41. The van der Waals surface area contributed by atoms with Crippen molar-refractivity contribution < 1.29 is 0 Å². The van der Waals surface area contributed by atoms with E-state index in [9.17, 15) is 4.79 Å². The zero-order valence-corrected chi connectivity index (χ0v) is 12.5. The molecule has 4 nitrogen and oxygen atoms in total. The third-order valence-electron chi connectivity index (χ3n) is 5.07. The molecule has 4 heteroatoms. The number of hydrogen-bond acceptors (Lipinski definition) is 2. The van der Waals surface area contributed by atoms with Crippen LogP contribution in [-0.2, 0) is 14.1 Å². The smallest absolute Gasteiger partial charge is 0.324 e. The van der Waals surface area contributed by atoms with Gasteiger partial charge in [0, 0.05) is 20.1 Å². The molecule has 3 rings (SSSR count). The molecule has 0 saturated heterocycles. The predicted octanol–water partition coefficient (Wildman–Crippen LogP) is 2.31. The Morgan fingerprint density at radius 1 is 1.20 bits per heavy atom. The molecule has 1 fully saturated rings. The maximum absolute atomic E-state index is 12.0. The lowest BCUT2D eigenvalue weighted by Crippen LogP contribution is -2.23. The third-order valence-corrected chi connectivity index (χ3v) is 5.07. The van der Waals surface area contributed by atoms with Crippen molar-refractivity contribution in [2.75, 3.05) is 0 Å². The summed E-state index contributed by atoms with van der Waals surface area (Å²) in [4.78, 5) is 12.0. The van der Waals surface area contributed by atoms with Gasteiger partial charge in [0.1, 0.15) is 0 Å². The van der Waals surface area contributed by atoms with E-state index in [0.29, 0.717) is 11.8 Å². The van der Waals surface area contributed by atoms with E-state index < -0.39 is 0 Å². The summed E-state index contributed by atoms with van der Waals surface area (Å²) in [5, 5.41) is 0. The summed E-state index contributed by atoms with van der Waals surface area (Å²) in [5.41, 5.74) is 9.58. The summed E-state index contributed by atoms with van der Waals surface area (Å²) < 4.78 is 3.38. The third kappa shape index (κ3) is 1.90. The molecular weight excluding hydrogens is 250 g/mol. The number of fused-ring (bicyclic) bond motifs is 1. The second-order valence-corrected chi connectivity index (χ2v) is 6.25. The lowest BCUT2D eigenvalue weighted by Gasteiger charge is -2.23. The molecule has 3 unspecified atom stereocenters. The van der Waals surface area contributed by atoms with Crippen LogP contribution in [0.3, 0.4) is 0 Å². The molecule has 0 radical (unpaired) electrons. The lowest BCUT2D eigenvalue weighted by molar-refractivity contribution is 0.351. The van der Waals surface area contributed by atoms with Crippen LogP contribution in [0.5, 0.6) is 0 Å². The van der Waals surface area contributed by atoms with E-state index >= 15 is 0 Å². The first-order chi connectivity index (χ1) is 9.50. The van der Waals surface area contributed by atoms with Gasteiger partial charge in [-0.1, -0.05) is 25.8 Å². The fraction of sp³-hybridized carbons (Fsp3) is 0.562. The largest absolute Gasteiger partial charge is 0.328 e.